The molecule has 0 saturated heterocycles. The van der Waals surface area contributed by atoms with E-state index < -0.39 is 15.6 Å². The number of hydrogen-bond acceptors (Lipinski definition) is 3. The van der Waals surface area contributed by atoms with Gasteiger partial charge in [0.2, 0.25) is 10.0 Å². The first kappa shape index (κ1) is 14.2. The summed E-state index contributed by atoms with van der Waals surface area (Å²) >= 11 is 5.79. The molecule has 0 aliphatic heterocycles. The number of nitrogens with zero attached hydrogens (tertiary/aromatic N) is 1. The topological polar surface area (TPSA) is 59.1 Å². The van der Waals surface area contributed by atoms with Crippen molar-refractivity contribution in [3.8, 4) is 0 Å². The van der Waals surface area contributed by atoms with Gasteiger partial charge in [0.15, 0.2) is 0 Å². The maximum absolute atomic E-state index is 12.2. The minimum atomic E-state index is -3.53. The number of halogens is 1. The van der Waals surface area contributed by atoms with Gasteiger partial charge >= 0.3 is 0 Å². The highest BCUT2D eigenvalue weighted by atomic mass is 35.5. The van der Waals surface area contributed by atoms with E-state index in [4.69, 9.17) is 11.6 Å². The Kier molecular flexibility index (Phi) is 3.55. The van der Waals surface area contributed by atoms with Crippen LogP contribution in [0.3, 0.4) is 0 Å². The molecule has 1 N–H and O–H groups in total. The van der Waals surface area contributed by atoms with Gasteiger partial charge in [-0.2, -0.15) is 0 Å². The van der Waals surface area contributed by atoms with E-state index >= 15 is 0 Å². The molecule has 0 atom stereocenters. The smallest absolute Gasteiger partial charge is 0.236 e. The highest BCUT2D eigenvalue weighted by Crippen LogP contribution is 2.20. The van der Waals surface area contributed by atoms with Gasteiger partial charge in [-0.05, 0) is 51.1 Å². The second-order valence-electron chi connectivity index (χ2n) is 5.34. The van der Waals surface area contributed by atoms with Gasteiger partial charge in [0.05, 0.1) is 10.4 Å². The van der Waals surface area contributed by atoms with Crippen LogP contribution in [0.25, 0.3) is 10.9 Å². The first-order valence-corrected chi connectivity index (χ1v) is 7.64. The summed E-state index contributed by atoms with van der Waals surface area (Å²) in [5, 5.41) is 1.12. The molecular formula is C13H15ClN2O2S. The second-order valence-corrected chi connectivity index (χ2v) is 7.41. The largest absolute Gasteiger partial charge is 0.241 e. The lowest BCUT2D eigenvalue weighted by atomic mass is 10.1. The number of pyridine rings is 1. The molecule has 0 bridgehead atoms. The van der Waals surface area contributed by atoms with Crippen LogP contribution in [0.4, 0.5) is 0 Å². The predicted octanol–water partition coefficient (Wildman–Crippen LogP) is 2.97. The second kappa shape index (κ2) is 4.74. The van der Waals surface area contributed by atoms with Gasteiger partial charge in [0, 0.05) is 10.9 Å². The monoisotopic (exact) mass is 298 g/mol. The molecule has 2 aromatic rings. The SMILES string of the molecule is CC(C)(C)NS(=O)(=O)c1ccc2nc(Cl)ccc2c1. The Hall–Kier alpha value is -1.17. The van der Waals surface area contributed by atoms with Crippen molar-refractivity contribution in [2.24, 2.45) is 0 Å². The fourth-order valence-corrected chi connectivity index (χ4v) is 3.32. The number of rotatable bonds is 2. The summed E-state index contributed by atoms with van der Waals surface area (Å²) in [6.07, 6.45) is 0. The van der Waals surface area contributed by atoms with E-state index in [-0.39, 0.29) is 4.90 Å². The minimum Gasteiger partial charge on any atom is -0.236 e. The van der Waals surface area contributed by atoms with Crippen molar-refractivity contribution in [1.29, 1.82) is 0 Å². The van der Waals surface area contributed by atoms with Crippen LogP contribution in [0.2, 0.25) is 5.15 Å². The van der Waals surface area contributed by atoms with Crippen molar-refractivity contribution in [3.05, 3.63) is 35.5 Å². The van der Waals surface area contributed by atoms with Crippen molar-refractivity contribution in [2.45, 2.75) is 31.2 Å². The number of nitrogens with one attached hydrogen (secondary N) is 1. The van der Waals surface area contributed by atoms with Gasteiger partial charge in [-0.1, -0.05) is 11.6 Å². The molecule has 0 aliphatic carbocycles. The van der Waals surface area contributed by atoms with Crippen LogP contribution in [-0.4, -0.2) is 18.9 Å². The molecule has 1 aromatic carbocycles. The molecule has 1 aromatic heterocycles. The molecule has 0 amide bonds. The number of fused-ring (bicyclic) bond motifs is 1. The Labute approximate surface area is 117 Å². The van der Waals surface area contributed by atoms with E-state index in [1.54, 1.807) is 45.0 Å². The number of aromatic nitrogens is 1. The Bertz CT molecular complexity index is 721. The third-order valence-electron chi connectivity index (χ3n) is 2.38. The third-order valence-corrected chi connectivity index (χ3v) is 4.34. The van der Waals surface area contributed by atoms with Crippen LogP contribution in [0.1, 0.15) is 20.8 Å². The van der Waals surface area contributed by atoms with Crippen molar-refractivity contribution in [3.63, 3.8) is 0 Å². The van der Waals surface area contributed by atoms with E-state index in [9.17, 15) is 8.42 Å². The van der Waals surface area contributed by atoms with Gasteiger partial charge in [0.1, 0.15) is 5.15 Å². The van der Waals surface area contributed by atoms with Crippen LogP contribution in [0, 0.1) is 0 Å². The summed E-state index contributed by atoms with van der Waals surface area (Å²) in [6, 6.07) is 8.16. The Morgan fingerprint density at radius 1 is 1.16 bits per heavy atom. The lowest BCUT2D eigenvalue weighted by Gasteiger charge is -2.20. The van der Waals surface area contributed by atoms with Crippen molar-refractivity contribution < 1.29 is 8.42 Å². The minimum absolute atomic E-state index is 0.221. The van der Waals surface area contributed by atoms with E-state index in [1.165, 1.54) is 6.07 Å². The van der Waals surface area contributed by atoms with Gasteiger partial charge in [-0.3, -0.25) is 0 Å². The van der Waals surface area contributed by atoms with Crippen molar-refractivity contribution in [1.82, 2.24) is 9.71 Å². The van der Waals surface area contributed by atoms with E-state index in [2.05, 4.69) is 9.71 Å². The van der Waals surface area contributed by atoms with Crippen LogP contribution in [0.5, 0.6) is 0 Å². The molecule has 1 heterocycles. The highest BCUT2D eigenvalue weighted by Gasteiger charge is 2.22. The zero-order valence-electron chi connectivity index (χ0n) is 10.9. The zero-order chi connectivity index (χ0) is 14.3. The summed E-state index contributed by atoms with van der Waals surface area (Å²) in [6.45, 7) is 5.40. The number of benzene rings is 1. The molecule has 0 radical (unpaired) electrons. The van der Waals surface area contributed by atoms with Crippen LogP contribution in [-0.2, 0) is 10.0 Å². The quantitative estimate of drug-likeness (QED) is 0.867. The van der Waals surface area contributed by atoms with E-state index in [0.717, 1.165) is 5.39 Å². The summed E-state index contributed by atoms with van der Waals surface area (Å²) in [5.41, 5.74) is 0.147. The average molecular weight is 299 g/mol. The number of sulfonamides is 1. The van der Waals surface area contributed by atoms with Gasteiger partial charge in [0.25, 0.3) is 0 Å². The fourth-order valence-electron chi connectivity index (χ4n) is 1.71. The molecule has 0 aliphatic rings. The van der Waals surface area contributed by atoms with Gasteiger partial charge in [-0.15, -0.1) is 0 Å². The van der Waals surface area contributed by atoms with E-state index in [1.807, 2.05) is 0 Å². The predicted molar refractivity (Wildman–Crippen MR) is 76.8 cm³/mol. The standard InChI is InChI=1S/C13H15ClN2O2S/c1-13(2,3)16-19(17,18)10-5-6-11-9(8-10)4-7-12(14)15-11/h4-8,16H,1-3H3. The molecule has 0 unspecified atom stereocenters. The molecule has 102 valence electrons. The van der Waals surface area contributed by atoms with Gasteiger partial charge < -0.3 is 0 Å². The fraction of sp³-hybridized carbons (Fsp3) is 0.308. The first-order valence-electron chi connectivity index (χ1n) is 5.78. The normalized spacial score (nSPS) is 12.8. The lowest BCUT2D eigenvalue weighted by Crippen LogP contribution is -2.40. The van der Waals surface area contributed by atoms with Crippen LogP contribution >= 0.6 is 11.6 Å². The zero-order valence-corrected chi connectivity index (χ0v) is 12.5. The van der Waals surface area contributed by atoms with Crippen molar-refractivity contribution >= 4 is 32.5 Å². The Morgan fingerprint density at radius 3 is 2.47 bits per heavy atom. The van der Waals surface area contributed by atoms with Crippen LogP contribution in [0.15, 0.2) is 35.2 Å². The molecule has 2 rings (SSSR count). The van der Waals surface area contributed by atoms with Crippen molar-refractivity contribution in [2.75, 3.05) is 0 Å². The van der Waals surface area contributed by atoms with Crippen LogP contribution < -0.4 is 4.72 Å². The molecule has 0 saturated carbocycles. The Balaban J connectivity index is 2.49. The maximum atomic E-state index is 12.2. The third kappa shape index (κ3) is 3.43. The number of hydrogen-bond donors (Lipinski definition) is 1. The summed E-state index contributed by atoms with van der Waals surface area (Å²) < 4.78 is 27.0. The summed E-state index contributed by atoms with van der Waals surface area (Å²) in [4.78, 5) is 4.34. The molecule has 0 fully saturated rings. The maximum Gasteiger partial charge on any atom is 0.241 e. The molecule has 4 nitrogen and oxygen atoms in total. The summed E-state index contributed by atoms with van der Waals surface area (Å²) in [5.74, 6) is 0. The molecule has 6 heteroatoms. The first-order chi connectivity index (χ1) is 8.67. The average Bonchev–Trinajstić information content (AvgIpc) is 2.25. The molecule has 0 spiro atoms. The lowest BCUT2D eigenvalue weighted by molar-refractivity contribution is 0.491. The Morgan fingerprint density at radius 2 is 1.84 bits per heavy atom. The van der Waals surface area contributed by atoms with E-state index in [0.29, 0.717) is 10.7 Å². The van der Waals surface area contributed by atoms with Gasteiger partial charge in [-0.25, -0.2) is 18.1 Å². The molecular weight excluding hydrogens is 284 g/mol. The molecule has 19 heavy (non-hydrogen) atoms. The highest BCUT2D eigenvalue weighted by molar-refractivity contribution is 7.89. The summed E-state index contributed by atoms with van der Waals surface area (Å²) in [7, 11) is -3.53.